The van der Waals surface area contributed by atoms with Crippen LogP contribution in [-0.4, -0.2) is 37.5 Å². The second kappa shape index (κ2) is 4.07. The lowest BCUT2D eigenvalue weighted by Gasteiger charge is -2.29. The van der Waals surface area contributed by atoms with Gasteiger partial charge in [-0.2, -0.15) is 0 Å². The van der Waals surface area contributed by atoms with E-state index in [0.29, 0.717) is 13.1 Å². The van der Waals surface area contributed by atoms with Crippen molar-refractivity contribution in [3.8, 4) is 0 Å². The van der Waals surface area contributed by atoms with Gasteiger partial charge in [-0.25, -0.2) is 4.79 Å². The molecule has 1 amide bonds. The van der Waals surface area contributed by atoms with Gasteiger partial charge in [-0.1, -0.05) is 6.08 Å². The van der Waals surface area contributed by atoms with E-state index in [-0.39, 0.29) is 6.09 Å². The number of ether oxygens (including phenoxy) is 1. The first-order chi connectivity index (χ1) is 6.38. The number of carbonyl (C=O) groups is 1. The van der Waals surface area contributed by atoms with Crippen LogP contribution in [0.25, 0.3) is 0 Å². The zero-order chi connectivity index (χ0) is 10.8. The average molecular weight is 193 g/mol. The summed E-state index contributed by atoms with van der Waals surface area (Å²) in [5.41, 5.74) is 0.301. The number of nitrogens with zero attached hydrogens (tertiary/aromatic N) is 1. The van der Waals surface area contributed by atoms with Crippen LogP contribution in [0.1, 0.15) is 27.2 Å². The molecule has 0 aromatic heterocycles. The van der Waals surface area contributed by atoms with Gasteiger partial charge in [-0.3, -0.25) is 0 Å². The van der Waals surface area contributed by atoms with Crippen LogP contribution in [0.4, 0.5) is 4.79 Å². The minimum Gasteiger partial charge on any atom is -0.444 e. The van der Waals surface area contributed by atoms with Gasteiger partial charge in [0.1, 0.15) is 13.4 Å². The van der Waals surface area contributed by atoms with Crippen molar-refractivity contribution in [1.29, 1.82) is 0 Å². The number of rotatable bonds is 0. The van der Waals surface area contributed by atoms with Crippen molar-refractivity contribution >= 4 is 13.9 Å². The summed E-state index contributed by atoms with van der Waals surface area (Å²) < 4.78 is 5.23. The highest BCUT2D eigenvalue weighted by Gasteiger charge is 2.22. The van der Waals surface area contributed by atoms with E-state index in [9.17, 15) is 4.79 Å². The molecule has 76 valence electrons. The van der Waals surface area contributed by atoms with Crippen molar-refractivity contribution in [2.24, 2.45) is 0 Å². The van der Waals surface area contributed by atoms with E-state index in [1.165, 1.54) is 0 Å². The third kappa shape index (κ3) is 3.44. The molecule has 0 unspecified atom stereocenters. The zero-order valence-electron chi connectivity index (χ0n) is 9.04. The molecule has 0 spiro atoms. The molecule has 1 aliphatic heterocycles. The SMILES string of the molecule is [B]C1=CCCN(C(=O)OC(C)(C)C)C1. The third-order valence-corrected chi connectivity index (χ3v) is 1.83. The fraction of sp³-hybridized carbons (Fsp3) is 0.700. The highest BCUT2D eigenvalue weighted by molar-refractivity contribution is 6.22. The van der Waals surface area contributed by atoms with Gasteiger partial charge in [0.25, 0.3) is 0 Å². The van der Waals surface area contributed by atoms with E-state index in [0.717, 1.165) is 11.9 Å². The molecule has 0 saturated heterocycles. The summed E-state index contributed by atoms with van der Waals surface area (Å²) in [5.74, 6) is 0. The highest BCUT2D eigenvalue weighted by atomic mass is 16.6. The lowest BCUT2D eigenvalue weighted by molar-refractivity contribution is 0.0266. The molecule has 2 radical (unpaired) electrons. The van der Waals surface area contributed by atoms with E-state index < -0.39 is 5.60 Å². The van der Waals surface area contributed by atoms with Crippen molar-refractivity contribution in [3.63, 3.8) is 0 Å². The molecule has 1 rings (SSSR count). The Labute approximate surface area is 86.5 Å². The topological polar surface area (TPSA) is 29.5 Å². The fourth-order valence-corrected chi connectivity index (χ4v) is 1.25. The van der Waals surface area contributed by atoms with Crippen LogP contribution in [0.2, 0.25) is 0 Å². The van der Waals surface area contributed by atoms with Crippen molar-refractivity contribution in [2.75, 3.05) is 13.1 Å². The summed E-state index contributed by atoms with van der Waals surface area (Å²) in [6.45, 7) is 6.74. The third-order valence-electron chi connectivity index (χ3n) is 1.83. The van der Waals surface area contributed by atoms with Crippen LogP contribution in [0.3, 0.4) is 0 Å². The lowest BCUT2D eigenvalue weighted by atomic mass is 9.92. The van der Waals surface area contributed by atoms with Crippen molar-refractivity contribution < 1.29 is 9.53 Å². The van der Waals surface area contributed by atoms with Crippen LogP contribution in [0.15, 0.2) is 11.5 Å². The van der Waals surface area contributed by atoms with Crippen molar-refractivity contribution in [1.82, 2.24) is 4.90 Å². The molecular weight excluding hydrogens is 177 g/mol. The minimum absolute atomic E-state index is 0.284. The van der Waals surface area contributed by atoms with E-state index in [2.05, 4.69) is 0 Å². The number of hydrogen-bond acceptors (Lipinski definition) is 2. The maximum atomic E-state index is 11.6. The summed E-state index contributed by atoms with van der Waals surface area (Å²) in [4.78, 5) is 13.2. The molecule has 0 aromatic rings. The Hall–Kier alpha value is -0.925. The Morgan fingerprint density at radius 3 is 2.71 bits per heavy atom. The summed E-state index contributed by atoms with van der Waals surface area (Å²) in [5, 5.41) is 0. The normalized spacial score (nSPS) is 17.6. The molecule has 0 fully saturated rings. The Morgan fingerprint density at radius 2 is 2.21 bits per heavy atom. The first-order valence-corrected chi connectivity index (χ1v) is 4.81. The predicted molar refractivity (Wildman–Crippen MR) is 56.3 cm³/mol. The summed E-state index contributed by atoms with van der Waals surface area (Å²) in [7, 11) is 5.64. The second-order valence-electron chi connectivity index (χ2n) is 4.47. The zero-order valence-corrected chi connectivity index (χ0v) is 9.04. The first kappa shape index (κ1) is 11.2. The fourth-order valence-electron chi connectivity index (χ4n) is 1.25. The summed E-state index contributed by atoms with van der Waals surface area (Å²) in [6, 6.07) is 0. The highest BCUT2D eigenvalue weighted by Crippen LogP contribution is 2.13. The molecule has 0 saturated carbocycles. The van der Waals surface area contributed by atoms with E-state index in [4.69, 9.17) is 12.6 Å². The Morgan fingerprint density at radius 1 is 1.57 bits per heavy atom. The van der Waals surface area contributed by atoms with E-state index in [1.54, 1.807) is 4.90 Å². The second-order valence-corrected chi connectivity index (χ2v) is 4.47. The monoisotopic (exact) mass is 193 g/mol. The van der Waals surface area contributed by atoms with Gasteiger partial charge in [0, 0.05) is 13.1 Å². The average Bonchev–Trinajstić information content (AvgIpc) is 2.01. The van der Waals surface area contributed by atoms with Gasteiger partial charge in [-0.05, 0) is 27.2 Å². The van der Waals surface area contributed by atoms with Crippen molar-refractivity contribution in [3.05, 3.63) is 11.5 Å². The van der Waals surface area contributed by atoms with Gasteiger partial charge >= 0.3 is 6.09 Å². The molecule has 0 bridgehead atoms. The van der Waals surface area contributed by atoms with E-state index in [1.807, 2.05) is 26.8 Å². The molecule has 14 heavy (non-hydrogen) atoms. The lowest BCUT2D eigenvalue weighted by Crippen LogP contribution is -2.40. The van der Waals surface area contributed by atoms with Gasteiger partial charge in [0.2, 0.25) is 0 Å². The van der Waals surface area contributed by atoms with Crippen molar-refractivity contribution in [2.45, 2.75) is 32.8 Å². The summed E-state index contributed by atoms with van der Waals surface area (Å²) >= 11 is 0. The smallest absolute Gasteiger partial charge is 0.410 e. The van der Waals surface area contributed by atoms with Gasteiger partial charge in [0.15, 0.2) is 0 Å². The molecule has 4 heteroatoms. The summed E-state index contributed by atoms with van der Waals surface area (Å²) in [6.07, 6.45) is 2.47. The standard InChI is InChI=1S/C10H16BNO2/c1-10(2,3)14-9(13)12-6-4-5-8(11)7-12/h5H,4,6-7H2,1-3H3. The molecular formula is C10H16BNO2. The van der Waals surface area contributed by atoms with Gasteiger partial charge in [0.05, 0.1) is 0 Å². The number of amides is 1. The molecule has 1 aliphatic rings. The van der Waals surface area contributed by atoms with Gasteiger partial charge in [-0.15, -0.1) is 5.47 Å². The maximum absolute atomic E-state index is 11.6. The molecule has 0 aliphatic carbocycles. The number of hydrogen-bond donors (Lipinski definition) is 0. The maximum Gasteiger partial charge on any atom is 0.410 e. The largest absolute Gasteiger partial charge is 0.444 e. The van der Waals surface area contributed by atoms with Crippen LogP contribution >= 0.6 is 0 Å². The van der Waals surface area contributed by atoms with E-state index >= 15 is 0 Å². The quantitative estimate of drug-likeness (QED) is 0.547. The van der Waals surface area contributed by atoms with Gasteiger partial charge < -0.3 is 9.64 Å². The predicted octanol–water partition coefficient (Wildman–Crippen LogP) is 1.68. The van der Waals surface area contributed by atoms with Crippen LogP contribution in [0, 0.1) is 0 Å². The molecule has 0 N–H and O–H groups in total. The Bertz CT molecular complexity index is 255. The number of carbonyl (C=O) groups excluding carboxylic acids is 1. The Balaban J connectivity index is 2.50. The Kier molecular flexibility index (Phi) is 3.24. The molecule has 0 atom stereocenters. The molecule has 3 nitrogen and oxygen atoms in total. The van der Waals surface area contributed by atoms with Crippen LogP contribution in [-0.2, 0) is 4.74 Å². The van der Waals surface area contributed by atoms with Crippen LogP contribution in [0.5, 0.6) is 0 Å². The molecule has 1 heterocycles. The molecule has 0 aromatic carbocycles. The van der Waals surface area contributed by atoms with Crippen LogP contribution < -0.4 is 0 Å². The minimum atomic E-state index is -0.437. The first-order valence-electron chi connectivity index (χ1n) is 4.81.